The van der Waals surface area contributed by atoms with Crippen LogP contribution in [0.15, 0.2) is 29.9 Å². The lowest BCUT2D eigenvalue weighted by molar-refractivity contribution is -0.116. The van der Waals surface area contributed by atoms with Crippen LogP contribution in [0, 0.1) is 0 Å². The van der Waals surface area contributed by atoms with Crippen molar-refractivity contribution < 1.29 is 9.53 Å². The van der Waals surface area contributed by atoms with E-state index in [0.29, 0.717) is 18.1 Å². The van der Waals surface area contributed by atoms with Crippen molar-refractivity contribution in [2.24, 2.45) is 0 Å². The summed E-state index contributed by atoms with van der Waals surface area (Å²) in [6.07, 6.45) is 3.59. The van der Waals surface area contributed by atoms with E-state index in [9.17, 15) is 4.79 Å². The fourth-order valence-corrected chi connectivity index (χ4v) is 2.35. The third-order valence-electron chi connectivity index (χ3n) is 2.53. The van der Waals surface area contributed by atoms with Crippen LogP contribution >= 0.6 is 11.3 Å². The molecule has 1 N–H and O–H groups in total. The second-order valence-electron chi connectivity index (χ2n) is 3.93. The highest BCUT2D eigenvalue weighted by Gasteiger charge is 2.05. The van der Waals surface area contributed by atoms with Crippen LogP contribution < -0.4 is 10.1 Å². The van der Waals surface area contributed by atoms with Gasteiger partial charge in [0.25, 0.3) is 0 Å². The number of nitrogens with zero attached hydrogens (tertiary/aromatic N) is 2. The molecule has 0 aliphatic carbocycles. The summed E-state index contributed by atoms with van der Waals surface area (Å²) in [5.41, 5.74) is 0. The van der Waals surface area contributed by atoms with E-state index in [2.05, 4.69) is 21.4 Å². The molecule has 19 heavy (non-hydrogen) atoms. The van der Waals surface area contributed by atoms with Crippen molar-refractivity contribution in [3.8, 4) is 5.88 Å². The van der Waals surface area contributed by atoms with Crippen LogP contribution in [0.2, 0.25) is 0 Å². The number of methoxy groups -OCH3 is 1. The molecular weight excluding hydrogens is 262 g/mol. The standard InChI is InChI=1S/C13H15N3O2S/c1-18-13-8-11(14-9-15-13)16-12(17)6-2-4-10-5-3-7-19-10/h3,5,7-9H,2,4,6H2,1H3,(H,14,15,16,17). The molecule has 2 heterocycles. The second kappa shape index (κ2) is 6.84. The Morgan fingerprint density at radius 2 is 2.37 bits per heavy atom. The number of hydrogen-bond acceptors (Lipinski definition) is 5. The highest BCUT2D eigenvalue weighted by Crippen LogP contribution is 2.13. The molecule has 1 amide bonds. The van der Waals surface area contributed by atoms with Gasteiger partial charge in [-0.05, 0) is 24.3 Å². The van der Waals surface area contributed by atoms with Gasteiger partial charge in [0.2, 0.25) is 11.8 Å². The second-order valence-corrected chi connectivity index (χ2v) is 4.96. The number of aromatic nitrogens is 2. The summed E-state index contributed by atoms with van der Waals surface area (Å²) >= 11 is 1.71. The summed E-state index contributed by atoms with van der Waals surface area (Å²) < 4.78 is 4.97. The van der Waals surface area contributed by atoms with Gasteiger partial charge in [-0.25, -0.2) is 9.97 Å². The molecule has 2 rings (SSSR count). The summed E-state index contributed by atoms with van der Waals surface area (Å²) in [6.45, 7) is 0. The maximum Gasteiger partial charge on any atom is 0.225 e. The molecule has 6 heteroatoms. The molecule has 2 aromatic heterocycles. The molecule has 0 aliphatic rings. The minimum atomic E-state index is -0.0442. The Hall–Kier alpha value is -1.95. The van der Waals surface area contributed by atoms with E-state index in [1.807, 2.05) is 11.4 Å². The average molecular weight is 277 g/mol. The van der Waals surface area contributed by atoms with Crippen molar-refractivity contribution in [2.75, 3.05) is 12.4 Å². The number of carbonyl (C=O) groups is 1. The molecule has 0 aromatic carbocycles. The van der Waals surface area contributed by atoms with E-state index in [0.717, 1.165) is 12.8 Å². The summed E-state index contributed by atoms with van der Waals surface area (Å²) in [6, 6.07) is 5.70. The van der Waals surface area contributed by atoms with Crippen LogP contribution in [0.5, 0.6) is 5.88 Å². The lowest BCUT2D eigenvalue weighted by Crippen LogP contribution is -2.12. The highest BCUT2D eigenvalue weighted by molar-refractivity contribution is 7.09. The van der Waals surface area contributed by atoms with Gasteiger partial charge in [-0.2, -0.15) is 0 Å². The van der Waals surface area contributed by atoms with E-state index in [1.165, 1.54) is 18.3 Å². The first-order chi connectivity index (χ1) is 9.28. The lowest BCUT2D eigenvalue weighted by atomic mass is 10.2. The molecule has 0 unspecified atom stereocenters. The number of carbonyl (C=O) groups excluding carboxylic acids is 1. The maximum absolute atomic E-state index is 11.7. The van der Waals surface area contributed by atoms with Crippen LogP contribution in [-0.4, -0.2) is 23.0 Å². The van der Waals surface area contributed by atoms with E-state index >= 15 is 0 Å². The fraction of sp³-hybridized carbons (Fsp3) is 0.308. The Bertz CT molecular complexity index is 528. The van der Waals surface area contributed by atoms with Gasteiger partial charge in [-0.3, -0.25) is 4.79 Å². The number of anilines is 1. The topological polar surface area (TPSA) is 64.1 Å². The van der Waals surface area contributed by atoms with Gasteiger partial charge < -0.3 is 10.1 Å². The van der Waals surface area contributed by atoms with Gasteiger partial charge in [0.15, 0.2) is 0 Å². The molecule has 0 saturated carbocycles. The Balaban J connectivity index is 1.77. The number of ether oxygens (including phenoxy) is 1. The van der Waals surface area contributed by atoms with Gasteiger partial charge in [-0.15, -0.1) is 11.3 Å². The Morgan fingerprint density at radius 1 is 1.47 bits per heavy atom. The molecule has 5 nitrogen and oxygen atoms in total. The molecular formula is C13H15N3O2S. The quantitative estimate of drug-likeness (QED) is 0.881. The number of rotatable bonds is 6. The van der Waals surface area contributed by atoms with E-state index < -0.39 is 0 Å². The van der Waals surface area contributed by atoms with Crippen molar-refractivity contribution in [3.05, 3.63) is 34.8 Å². The van der Waals surface area contributed by atoms with Crippen LogP contribution in [0.25, 0.3) is 0 Å². The minimum Gasteiger partial charge on any atom is -0.481 e. The van der Waals surface area contributed by atoms with Crippen LogP contribution in [0.3, 0.4) is 0 Å². The zero-order valence-electron chi connectivity index (χ0n) is 10.6. The molecule has 0 radical (unpaired) electrons. The fourth-order valence-electron chi connectivity index (χ4n) is 1.60. The molecule has 2 aromatic rings. The third-order valence-corrected chi connectivity index (χ3v) is 3.46. The van der Waals surface area contributed by atoms with E-state index in [-0.39, 0.29) is 5.91 Å². The van der Waals surface area contributed by atoms with Crippen molar-refractivity contribution in [2.45, 2.75) is 19.3 Å². The van der Waals surface area contributed by atoms with Gasteiger partial charge in [0.1, 0.15) is 12.1 Å². The summed E-state index contributed by atoms with van der Waals surface area (Å²) in [5.74, 6) is 0.856. The lowest BCUT2D eigenvalue weighted by Gasteiger charge is -2.05. The van der Waals surface area contributed by atoms with Crippen molar-refractivity contribution in [1.29, 1.82) is 0 Å². The molecule has 0 saturated heterocycles. The first-order valence-electron chi connectivity index (χ1n) is 5.96. The zero-order chi connectivity index (χ0) is 13.5. The molecule has 0 atom stereocenters. The first-order valence-corrected chi connectivity index (χ1v) is 6.84. The SMILES string of the molecule is COc1cc(NC(=O)CCCc2cccs2)ncn1. The third kappa shape index (κ3) is 4.33. The maximum atomic E-state index is 11.7. The normalized spacial score (nSPS) is 10.2. The number of aryl methyl sites for hydroxylation is 1. The van der Waals surface area contributed by atoms with Crippen LogP contribution in [0.4, 0.5) is 5.82 Å². The smallest absolute Gasteiger partial charge is 0.225 e. The predicted molar refractivity (Wildman–Crippen MR) is 74.5 cm³/mol. The summed E-state index contributed by atoms with van der Waals surface area (Å²) in [7, 11) is 1.52. The van der Waals surface area contributed by atoms with Crippen molar-refractivity contribution in [1.82, 2.24) is 9.97 Å². The number of thiophene rings is 1. The van der Waals surface area contributed by atoms with Crippen molar-refractivity contribution >= 4 is 23.1 Å². The zero-order valence-corrected chi connectivity index (χ0v) is 11.4. The van der Waals surface area contributed by atoms with Crippen LogP contribution in [-0.2, 0) is 11.2 Å². The molecule has 100 valence electrons. The highest BCUT2D eigenvalue weighted by atomic mass is 32.1. The largest absolute Gasteiger partial charge is 0.481 e. The van der Waals surface area contributed by atoms with Gasteiger partial charge in [0.05, 0.1) is 7.11 Å². The van der Waals surface area contributed by atoms with Gasteiger partial charge in [0, 0.05) is 17.4 Å². The first kappa shape index (κ1) is 13.5. The number of nitrogens with one attached hydrogen (secondary N) is 1. The Morgan fingerprint density at radius 3 is 3.11 bits per heavy atom. The molecule has 0 bridgehead atoms. The molecule has 0 spiro atoms. The number of amides is 1. The minimum absolute atomic E-state index is 0.0442. The summed E-state index contributed by atoms with van der Waals surface area (Å²) in [5, 5.41) is 4.77. The van der Waals surface area contributed by atoms with Gasteiger partial charge >= 0.3 is 0 Å². The Kier molecular flexibility index (Phi) is 4.85. The summed E-state index contributed by atoms with van der Waals surface area (Å²) in [4.78, 5) is 20.9. The Labute approximate surface area is 115 Å². The molecule has 0 aliphatic heterocycles. The van der Waals surface area contributed by atoms with E-state index in [4.69, 9.17) is 4.74 Å². The predicted octanol–water partition coefficient (Wildman–Crippen LogP) is 2.51. The van der Waals surface area contributed by atoms with Gasteiger partial charge in [-0.1, -0.05) is 6.07 Å². The van der Waals surface area contributed by atoms with Crippen molar-refractivity contribution in [3.63, 3.8) is 0 Å². The van der Waals surface area contributed by atoms with E-state index in [1.54, 1.807) is 17.4 Å². The number of hydrogen-bond donors (Lipinski definition) is 1. The monoisotopic (exact) mass is 277 g/mol. The average Bonchev–Trinajstić information content (AvgIpc) is 2.92. The molecule has 0 fully saturated rings. The van der Waals surface area contributed by atoms with Crippen LogP contribution in [0.1, 0.15) is 17.7 Å².